The summed E-state index contributed by atoms with van der Waals surface area (Å²) in [6.07, 6.45) is 1.29. The van der Waals surface area contributed by atoms with Gasteiger partial charge in [0.05, 0.1) is 23.9 Å². The first-order valence-corrected chi connectivity index (χ1v) is 5.99. The van der Waals surface area contributed by atoms with Crippen LogP contribution in [0.2, 0.25) is 0 Å². The number of ketones is 1. The van der Waals surface area contributed by atoms with Gasteiger partial charge in [0.25, 0.3) is 0 Å². The number of carbonyl (C=O) groups excluding carboxylic acids is 1. The van der Waals surface area contributed by atoms with Crippen molar-refractivity contribution in [2.45, 2.75) is 20.4 Å². The van der Waals surface area contributed by atoms with Gasteiger partial charge in [0.2, 0.25) is 0 Å². The number of halogens is 3. The van der Waals surface area contributed by atoms with Gasteiger partial charge < -0.3 is 14.9 Å². The van der Waals surface area contributed by atoms with E-state index in [0.717, 1.165) is 22.9 Å². The third kappa shape index (κ3) is 5.00. The molecular formula is C13H12F3N3O3. The lowest BCUT2D eigenvalue weighted by molar-refractivity contribution is -0.389. The monoisotopic (exact) mass is 315 g/mol. The van der Waals surface area contributed by atoms with Crippen molar-refractivity contribution < 1.29 is 22.9 Å². The van der Waals surface area contributed by atoms with Crippen LogP contribution < -0.4 is 0 Å². The Morgan fingerprint density at radius 2 is 1.77 bits per heavy atom. The highest BCUT2D eigenvalue weighted by Gasteiger charge is 2.14. The molecule has 0 unspecified atom stereocenters. The molecule has 0 spiro atoms. The Labute approximate surface area is 123 Å². The van der Waals surface area contributed by atoms with Crippen molar-refractivity contribution >= 4 is 11.6 Å². The summed E-state index contributed by atoms with van der Waals surface area (Å²) in [5, 5.41) is 13.9. The molecule has 6 nitrogen and oxygen atoms in total. The summed E-state index contributed by atoms with van der Waals surface area (Å²) in [5.41, 5.74) is 0.115. The molecule has 118 valence electrons. The van der Waals surface area contributed by atoms with Gasteiger partial charge in [-0.15, -0.1) is 0 Å². The maximum Gasteiger partial charge on any atom is 0.389 e. The normalized spacial score (nSPS) is 9.86. The van der Waals surface area contributed by atoms with Crippen LogP contribution in [0.15, 0.2) is 24.4 Å². The summed E-state index contributed by atoms with van der Waals surface area (Å²) in [7, 11) is 0. The van der Waals surface area contributed by atoms with Crippen molar-refractivity contribution in [2.24, 2.45) is 0 Å². The zero-order chi connectivity index (χ0) is 16.9. The number of nitrogens with zero attached hydrogens (tertiary/aromatic N) is 3. The van der Waals surface area contributed by atoms with Crippen molar-refractivity contribution in [3.8, 4) is 0 Å². The average molecular weight is 315 g/mol. The molecule has 22 heavy (non-hydrogen) atoms. The second-order valence-corrected chi connectivity index (χ2v) is 4.41. The molecule has 2 rings (SSSR count). The molecule has 0 aliphatic heterocycles. The van der Waals surface area contributed by atoms with E-state index in [0.29, 0.717) is 0 Å². The van der Waals surface area contributed by atoms with Crippen molar-refractivity contribution in [3.63, 3.8) is 0 Å². The summed E-state index contributed by atoms with van der Waals surface area (Å²) in [6.45, 7) is 2.96. The molecule has 0 fully saturated rings. The molecule has 1 heterocycles. The second kappa shape index (κ2) is 7.34. The molecule has 2 aromatic rings. The number of rotatable bonds is 3. The fraction of sp³-hybridized carbons (Fsp3) is 0.231. The molecule has 0 bridgehead atoms. The topological polar surface area (TPSA) is 78.0 Å². The lowest BCUT2D eigenvalue weighted by atomic mass is 10.2. The number of Topliss-reactive ketones (excluding diaryl/α,β-unsaturated/α-hetero) is 1. The first kappa shape index (κ1) is 17.3. The Bertz CT molecular complexity index is 674. The summed E-state index contributed by atoms with van der Waals surface area (Å²) in [6, 6.07) is 2.77. The third-order valence-electron chi connectivity index (χ3n) is 2.20. The summed E-state index contributed by atoms with van der Waals surface area (Å²) < 4.78 is 39.7. The van der Waals surface area contributed by atoms with E-state index in [1.54, 1.807) is 0 Å². The molecule has 0 N–H and O–H groups in total. The molecule has 1 aromatic heterocycles. The minimum Gasteiger partial charge on any atom is -0.358 e. The van der Waals surface area contributed by atoms with Crippen molar-refractivity contribution in [1.82, 2.24) is 9.78 Å². The molecule has 0 atom stereocenters. The maximum absolute atomic E-state index is 12.9. The largest absolute Gasteiger partial charge is 0.389 e. The summed E-state index contributed by atoms with van der Waals surface area (Å²) >= 11 is 0. The molecule has 9 heteroatoms. The summed E-state index contributed by atoms with van der Waals surface area (Å²) in [5.74, 6) is -4.39. The van der Waals surface area contributed by atoms with Gasteiger partial charge in [0, 0.05) is 0 Å². The molecule has 1 aromatic carbocycles. The Kier molecular flexibility index (Phi) is 5.79. The zero-order valence-corrected chi connectivity index (χ0v) is 11.7. The van der Waals surface area contributed by atoms with Crippen LogP contribution in [0.5, 0.6) is 0 Å². The Balaban J connectivity index is 0.000000541. The zero-order valence-electron chi connectivity index (χ0n) is 11.7. The molecular weight excluding hydrogens is 303 g/mol. The van der Waals surface area contributed by atoms with Crippen LogP contribution >= 0.6 is 0 Å². The number of nitro groups is 1. The number of aromatic nitrogens is 2. The van der Waals surface area contributed by atoms with Crippen LogP contribution in [0.4, 0.5) is 19.0 Å². The van der Waals surface area contributed by atoms with Gasteiger partial charge in [-0.2, -0.15) is 4.68 Å². The Hall–Kier alpha value is -2.71. The molecule has 0 saturated heterocycles. The van der Waals surface area contributed by atoms with Crippen molar-refractivity contribution in [3.05, 3.63) is 57.5 Å². The van der Waals surface area contributed by atoms with Crippen LogP contribution in [0.3, 0.4) is 0 Å². The number of hydrogen-bond acceptors (Lipinski definition) is 4. The molecule has 0 aliphatic rings. The number of carbonyl (C=O) groups is 1. The maximum atomic E-state index is 12.9. The second-order valence-electron chi connectivity index (χ2n) is 4.41. The molecule has 0 saturated carbocycles. The van der Waals surface area contributed by atoms with E-state index in [4.69, 9.17) is 0 Å². The van der Waals surface area contributed by atoms with Gasteiger partial charge in [0.1, 0.15) is 5.78 Å². The minimum absolute atomic E-state index is 0.0953. The van der Waals surface area contributed by atoms with Crippen LogP contribution in [0.25, 0.3) is 0 Å². The van der Waals surface area contributed by atoms with Gasteiger partial charge in [-0.3, -0.25) is 0 Å². The lowest BCUT2D eigenvalue weighted by Gasteiger charge is -2.01. The fourth-order valence-electron chi connectivity index (χ4n) is 1.42. The Morgan fingerprint density at radius 3 is 2.18 bits per heavy atom. The highest BCUT2D eigenvalue weighted by atomic mass is 19.2. The van der Waals surface area contributed by atoms with E-state index in [9.17, 15) is 28.1 Å². The standard InChI is InChI=1S/C10H6F3N3O2.C3H6O/c11-7-3-6(4-8(12)10(7)13)5-15-2-1-9(14-15)16(17)18;1-3(2)4/h1-4H,5H2;1-2H3. The van der Waals surface area contributed by atoms with E-state index >= 15 is 0 Å². The first-order chi connectivity index (χ1) is 10.2. The smallest absolute Gasteiger partial charge is 0.358 e. The lowest BCUT2D eigenvalue weighted by Crippen LogP contribution is -2.03. The number of benzene rings is 1. The third-order valence-corrected chi connectivity index (χ3v) is 2.20. The Morgan fingerprint density at radius 1 is 1.27 bits per heavy atom. The van der Waals surface area contributed by atoms with E-state index in [1.807, 2.05) is 0 Å². The fourth-order valence-corrected chi connectivity index (χ4v) is 1.42. The van der Waals surface area contributed by atoms with Crippen molar-refractivity contribution in [2.75, 3.05) is 0 Å². The van der Waals surface area contributed by atoms with E-state index in [2.05, 4.69) is 5.10 Å². The first-order valence-electron chi connectivity index (χ1n) is 5.99. The predicted molar refractivity (Wildman–Crippen MR) is 70.7 cm³/mol. The highest BCUT2D eigenvalue weighted by Crippen LogP contribution is 2.15. The van der Waals surface area contributed by atoms with Gasteiger partial charge >= 0.3 is 5.82 Å². The molecule has 0 amide bonds. The molecule has 0 aliphatic carbocycles. The molecule has 0 radical (unpaired) electrons. The predicted octanol–water partition coefficient (Wildman–Crippen LogP) is 2.85. The van der Waals surface area contributed by atoms with Crippen LogP contribution in [0.1, 0.15) is 19.4 Å². The van der Waals surface area contributed by atoms with E-state index < -0.39 is 22.4 Å². The minimum atomic E-state index is -1.55. The average Bonchev–Trinajstić information content (AvgIpc) is 2.84. The van der Waals surface area contributed by atoms with Crippen molar-refractivity contribution in [1.29, 1.82) is 0 Å². The van der Waals surface area contributed by atoms with Crippen LogP contribution in [-0.2, 0) is 11.3 Å². The number of hydrogen-bond donors (Lipinski definition) is 0. The van der Waals surface area contributed by atoms with Gasteiger partial charge in [-0.25, -0.2) is 13.2 Å². The van der Waals surface area contributed by atoms with Gasteiger partial charge in [-0.1, -0.05) is 0 Å². The van der Waals surface area contributed by atoms with Crippen LogP contribution in [0, 0.1) is 27.6 Å². The quantitative estimate of drug-likeness (QED) is 0.496. The van der Waals surface area contributed by atoms with Crippen LogP contribution in [-0.4, -0.2) is 20.5 Å². The SMILES string of the molecule is CC(C)=O.O=[N+]([O-])c1ccn(Cc2cc(F)c(F)c(F)c2)n1. The van der Waals surface area contributed by atoms with E-state index in [1.165, 1.54) is 20.0 Å². The van der Waals surface area contributed by atoms with Gasteiger partial charge in [0.15, 0.2) is 17.5 Å². The highest BCUT2D eigenvalue weighted by molar-refractivity contribution is 5.72. The summed E-state index contributed by atoms with van der Waals surface area (Å²) in [4.78, 5) is 19.1. The van der Waals surface area contributed by atoms with Gasteiger partial charge in [-0.05, 0) is 36.5 Å². The van der Waals surface area contributed by atoms with E-state index in [-0.39, 0.29) is 23.7 Å².